The smallest absolute Gasteiger partial charge is 0.221 e. The van der Waals surface area contributed by atoms with Crippen molar-refractivity contribution in [1.82, 2.24) is 10.2 Å². The van der Waals surface area contributed by atoms with Gasteiger partial charge in [-0.1, -0.05) is 6.92 Å². The molecule has 0 bridgehead atoms. The summed E-state index contributed by atoms with van der Waals surface area (Å²) in [4.78, 5) is 24.2. The van der Waals surface area contributed by atoms with Crippen LogP contribution in [-0.4, -0.2) is 35.8 Å². The van der Waals surface area contributed by atoms with Gasteiger partial charge in [0.05, 0.1) is 0 Å². The molecule has 0 aromatic heterocycles. The van der Waals surface area contributed by atoms with Crippen molar-refractivity contribution >= 4 is 11.8 Å². The average Bonchev–Trinajstić information content (AvgIpc) is 2.13. The second-order valence-corrected chi connectivity index (χ2v) is 3.91. The third kappa shape index (κ3) is 6.10. The van der Waals surface area contributed by atoms with E-state index in [9.17, 15) is 9.59 Å². The summed E-state index contributed by atoms with van der Waals surface area (Å²) in [5, 5.41) is 2.79. The van der Waals surface area contributed by atoms with Crippen molar-refractivity contribution in [3.05, 3.63) is 0 Å². The quantitative estimate of drug-likeness (QED) is 0.721. The lowest BCUT2D eigenvalue weighted by molar-refractivity contribution is -0.131. The minimum absolute atomic E-state index is 0.0174. The van der Waals surface area contributed by atoms with E-state index >= 15 is 0 Å². The van der Waals surface area contributed by atoms with Gasteiger partial charge < -0.3 is 10.2 Å². The molecule has 0 aliphatic heterocycles. The normalized spacial score (nSPS) is 10.2. The minimum Gasteiger partial charge on any atom is -0.356 e. The third-order valence-corrected chi connectivity index (χ3v) is 2.18. The van der Waals surface area contributed by atoms with Crippen molar-refractivity contribution in [2.24, 2.45) is 0 Å². The highest BCUT2D eigenvalue weighted by atomic mass is 16.2. The fourth-order valence-corrected chi connectivity index (χ4v) is 1.35. The van der Waals surface area contributed by atoms with Gasteiger partial charge >= 0.3 is 0 Å². The van der Waals surface area contributed by atoms with Crippen LogP contribution in [0.1, 0.15) is 40.5 Å². The molecule has 2 amide bonds. The number of carbonyl (C=O) groups is 2. The number of carbonyl (C=O) groups excluding carboxylic acids is 2. The number of amides is 2. The molecule has 0 aromatic rings. The van der Waals surface area contributed by atoms with E-state index in [2.05, 4.69) is 5.32 Å². The summed E-state index contributed by atoms with van der Waals surface area (Å²) in [5.41, 5.74) is 0. The van der Waals surface area contributed by atoms with E-state index in [4.69, 9.17) is 0 Å². The highest BCUT2D eigenvalue weighted by Crippen LogP contribution is 2.00. The van der Waals surface area contributed by atoms with Crippen LogP contribution < -0.4 is 5.32 Å². The van der Waals surface area contributed by atoms with Crippen LogP contribution >= 0.6 is 0 Å². The Morgan fingerprint density at radius 1 is 1.33 bits per heavy atom. The van der Waals surface area contributed by atoms with Gasteiger partial charge in [-0.25, -0.2) is 0 Å². The van der Waals surface area contributed by atoms with E-state index in [0.29, 0.717) is 19.5 Å². The zero-order valence-electron chi connectivity index (χ0n) is 10.2. The standard InChI is InChI=1S/C11H22N2O2/c1-5-7-12-11(15)6-8-13(9(2)3)10(4)14/h9H,5-8H2,1-4H3,(H,12,15). The van der Waals surface area contributed by atoms with Gasteiger partial charge in [-0.05, 0) is 20.3 Å². The van der Waals surface area contributed by atoms with Crippen molar-refractivity contribution < 1.29 is 9.59 Å². The molecule has 0 saturated heterocycles. The largest absolute Gasteiger partial charge is 0.356 e. The summed E-state index contributed by atoms with van der Waals surface area (Å²) in [6.07, 6.45) is 1.32. The van der Waals surface area contributed by atoms with Crippen molar-refractivity contribution in [3.8, 4) is 0 Å². The summed E-state index contributed by atoms with van der Waals surface area (Å²) < 4.78 is 0. The molecule has 0 atom stereocenters. The molecule has 0 aromatic carbocycles. The second kappa shape index (κ2) is 7.26. The zero-order valence-corrected chi connectivity index (χ0v) is 10.2. The summed E-state index contributed by atoms with van der Waals surface area (Å²) >= 11 is 0. The number of nitrogens with zero attached hydrogens (tertiary/aromatic N) is 1. The Morgan fingerprint density at radius 3 is 2.33 bits per heavy atom. The van der Waals surface area contributed by atoms with E-state index in [-0.39, 0.29) is 17.9 Å². The van der Waals surface area contributed by atoms with Gasteiger partial charge in [0, 0.05) is 32.5 Å². The molecule has 0 radical (unpaired) electrons. The number of hydrogen-bond acceptors (Lipinski definition) is 2. The van der Waals surface area contributed by atoms with Gasteiger partial charge in [-0.3, -0.25) is 9.59 Å². The molecular weight excluding hydrogens is 192 g/mol. The van der Waals surface area contributed by atoms with E-state index in [1.54, 1.807) is 4.90 Å². The molecular formula is C11H22N2O2. The van der Waals surface area contributed by atoms with Gasteiger partial charge in [-0.2, -0.15) is 0 Å². The molecule has 0 saturated carbocycles. The topological polar surface area (TPSA) is 49.4 Å². The molecule has 0 heterocycles. The van der Waals surface area contributed by atoms with Crippen LogP contribution in [0.2, 0.25) is 0 Å². The van der Waals surface area contributed by atoms with Crippen molar-refractivity contribution in [2.75, 3.05) is 13.1 Å². The van der Waals surface area contributed by atoms with Crippen LogP contribution in [0.5, 0.6) is 0 Å². The Bertz CT molecular complexity index is 215. The Morgan fingerprint density at radius 2 is 1.93 bits per heavy atom. The van der Waals surface area contributed by atoms with Crippen LogP contribution in [0, 0.1) is 0 Å². The molecule has 4 heteroatoms. The molecule has 0 rings (SSSR count). The number of rotatable bonds is 6. The maximum absolute atomic E-state index is 11.3. The van der Waals surface area contributed by atoms with Gasteiger partial charge in [0.15, 0.2) is 0 Å². The number of nitrogens with one attached hydrogen (secondary N) is 1. The predicted octanol–water partition coefficient (Wildman–Crippen LogP) is 1.16. The first-order valence-electron chi connectivity index (χ1n) is 5.53. The van der Waals surface area contributed by atoms with Crippen molar-refractivity contribution in [1.29, 1.82) is 0 Å². The minimum atomic E-state index is 0.0174. The highest BCUT2D eigenvalue weighted by molar-refractivity contribution is 5.78. The summed E-state index contributed by atoms with van der Waals surface area (Å²) in [7, 11) is 0. The highest BCUT2D eigenvalue weighted by Gasteiger charge is 2.13. The fourth-order valence-electron chi connectivity index (χ4n) is 1.35. The average molecular weight is 214 g/mol. The molecule has 88 valence electrons. The van der Waals surface area contributed by atoms with E-state index < -0.39 is 0 Å². The molecule has 0 unspecified atom stereocenters. The molecule has 0 aliphatic carbocycles. The fraction of sp³-hybridized carbons (Fsp3) is 0.818. The van der Waals surface area contributed by atoms with Crippen LogP contribution in [0.4, 0.5) is 0 Å². The lowest BCUT2D eigenvalue weighted by atomic mass is 10.2. The lowest BCUT2D eigenvalue weighted by Crippen LogP contribution is -2.38. The van der Waals surface area contributed by atoms with Crippen LogP contribution in [0.3, 0.4) is 0 Å². The van der Waals surface area contributed by atoms with Crippen LogP contribution in [0.15, 0.2) is 0 Å². The molecule has 0 aliphatic rings. The molecule has 1 N–H and O–H groups in total. The maximum atomic E-state index is 11.3. The predicted molar refractivity (Wildman–Crippen MR) is 60.4 cm³/mol. The monoisotopic (exact) mass is 214 g/mol. The van der Waals surface area contributed by atoms with Gasteiger partial charge in [0.25, 0.3) is 0 Å². The third-order valence-electron chi connectivity index (χ3n) is 2.18. The SMILES string of the molecule is CCCNC(=O)CCN(C(C)=O)C(C)C. The summed E-state index contributed by atoms with van der Waals surface area (Å²) in [5.74, 6) is 0.0389. The van der Waals surface area contributed by atoms with Crippen LogP contribution in [0.25, 0.3) is 0 Å². The summed E-state index contributed by atoms with van der Waals surface area (Å²) in [6, 6.07) is 0.154. The van der Waals surface area contributed by atoms with Crippen LogP contribution in [-0.2, 0) is 9.59 Å². The molecule has 4 nitrogen and oxygen atoms in total. The Kier molecular flexibility index (Phi) is 6.75. The van der Waals surface area contributed by atoms with E-state index in [1.807, 2.05) is 20.8 Å². The molecule has 0 fully saturated rings. The summed E-state index contributed by atoms with van der Waals surface area (Å²) in [6.45, 7) is 8.65. The first-order valence-corrected chi connectivity index (χ1v) is 5.53. The van der Waals surface area contributed by atoms with Gasteiger partial charge in [0.2, 0.25) is 11.8 Å². The van der Waals surface area contributed by atoms with Gasteiger partial charge in [-0.15, -0.1) is 0 Å². The van der Waals surface area contributed by atoms with E-state index in [0.717, 1.165) is 6.42 Å². The first-order chi connectivity index (χ1) is 6.99. The second-order valence-electron chi connectivity index (χ2n) is 3.91. The molecule has 0 spiro atoms. The van der Waals surface area contributed by atoms with Crippen molar-refractivity contribution in [2.45, 2.75) is 46.6 Å². The lowest BCUT2D eigenvalue weighted by Gasteiger charge is -2.24. The zero-order chi connectivity index (χ0) is 11.8. The van der Waals surface area contributed by atoms with Gasteiger partial charge in [0.1, 0.15) is 0 Å². The number of hydrogen-bond donors (Lipinski definition) is 1. The van der Waals surface area contributed by atoms with Crippen molar-refractivity contribution in [3.63, 3.8) is 0 Å². The molecule has 15 heavy (non-hydrogen) atoms. The maximum Gasteiger partial charge on any atom is 0.221 e. The van der Waals surface area contributed by atoms with E-state index in [1.165, 1.54) is 6.92 Å². The Hall–Kier alpha value is -1.06. The first kappa shape index (κ1) is 13.9. The Balaban J connectivity index is 3.89. The Labute approximate surface area is 92.0 Å².